The molecule has 2 heteroatoms. The fourth-order valence-corrected chi connectivity index (χ4v) is 3.56. The zero-order valence-electron chi connectivity index (χ0n) is 11.6. The van der Waals surface area contributed by atoms with E-state index in [-0.39, 0.29) is 0 Å². The second kappa shape index (κ2) is 7.38. The van der Waals surface area contributed by atoms with Crippen LogP contribution >= 0.6 is 0 Å². The van der Waals surface area contributed by atoms with Crippen molar-refractivity contribution in [2.45, 2.75) is 76.8 Å². The summed E-state index contributed by atoms with van der Waals surface area (Å²) in [5, 5.41) is 3.61. The van der Waals surface area contributed by atoms with Crippen LogP contribution in [-0.4, -0.2) is 36.6 Å². The Morgan fingerprint density at radius 3 is 2.82 bits per heavy atom. The molecule has 2 saturated heterocycles. The molecule has 0 spiro atoms. The molecule has 2 atom stereocenters. The van der Waals surface area contributed by atoms with Crippen LogP contribution in [0.1, 0.15) is 64.7 Å². The molecule has 0 aromatic heterocycles. The molecule has 0 bridgehead atoms. The first kappa shape index (κ1) is 13.4. The van der Waals surface area contributed by atoms with E-state index in [1.807, 2.05) is 0 Å². The Labute approximate surface area is 107 Å². The smallest absolute Gasteiger partial charge is 0.00951 e. The first-order valence-corrected chi connectivity index (χ1v) is 7.87. The third kappa shape index (κ3) is 4.26. The SMILES string of the molecule is CCCC1CCCCN1CCCC1CCCN1. The lowest BCUT2D eigenvalue weighted by atomic mass is 9.97. The van der Waals surface area contributed by atoms with Crippen LogP contribution in [0.4, 0.5) is 0 Å². The van der Waals surface area contributed by atoms with Crippen LogP contribution in [0.25, 0.3) is 0 Å². The van der Waals surface area contributed by atoms with Gasteiger partial charge in [0.1, 0.15) is 0 Å². The van der Waals surface area contributed by atoms with Gasteiger partial charge in [0.2, 0.25) is 0 Å². The number of nitrogens with one attached hydrogen (secondary N) is 1. The Morgan fingerprint density at radius 1 is 1.12 bits per heavy atom. The second-order valence-corrected chi connectivity index (χ2v) is 5.91. The summed E-state index contributed by atoms with van der Waals surface area (Å²) in [5.74, 6) is 0. The molecule has 0 aromatic carbocycles. The third-order valence-electron chi connectivity index (χ3n) is 4.53. The van der Waals surface area contributed by atoms with Gasteiger partial charge in [0.15, 0.2) is 0 Å². The maximum atomic E-state index is 3.61. The van der Waals surface area contributed by atoms with E-state index in [2.05, 4.69) is 17.1 Å². The quantitative estimate of drug-likeness (QED) is 0.764. The van der Waals surface area contributed by atoms with Gasteiger partial charge in [-0.3, -0.25) is 0 Å². The first-order valence-electron chi connectivity index (χ1n) is 7.87. The largest absolute Gasteiger partial charge is 0.314 e. The summed E-state index contributed by atoms with van der Waals surface area (Å²) in [7, 11) is 0. The summed E-state index contributed by atoms with van der Waals surface area (Å²) in [4.78, 5) is 2.78. The van der Waals surface area contributed by atoms with Crippen molar-refractivity contribution in [1.82, 2.24) is 10.2 Å². The molecule has 2 heterocycles. The Bertz CT molecular complexity index is 197. The predicted octanol–water partition coefficient (Wildman–Crippen LogP) is 3.17. The molecular formula is C15H30N2. The standard InChI is InChI=1S/C15H30N2/c1-2-7-15-10-3-4-12-17(15)13-6-9-14-8-5-11-16-14/h14-16H,2-13H2,1H3. The van der Waals surface area contributed by atoms with E-state index in [1.165, 1.54) is 77.4 Å². The number of piperidine rings is 1. The van der Waals surface area contributed by atoms with Crippen molar-refractivity contribution in [3.63, 3.8) is 0 Å². The van der Waals surface area contributed by atoms with E-state index in [9.17, 15) is 0 Å². The average molecular weight is 238 g/mol. The molecule has 0 amide bonds. The van der Waals surface area contributed by atoms with Crippen molar-refractivity contribution in [2.75, 3.05) is 19.6 Å². The van der Waals surface area contributed by atoms with Gasteiger partial charge in [-0.2, -0.15) is 0 Å². The van der Waals surface area contributed by atoms with Crippen LogP contribution in [-0.2, 0) is 0 Å². The number of rotatable bonds is 6. The highest BCUT2D eigenvalue weighted by Gasteiger charge is 2.21. The molecule has 2 unspecified atom stereocenters. The molecule has 0 aromatic rings. The summed E-state index contributed by atoms with van der Waals surface area (Å²) in [6.45, 7) is 6.30. The fourth-order valence-electron chi connectivity index (χ4n) is 3.56. The van der Waals surface area contributed by atoms with Gasteiger partial charge in [-0.1, -0.05) is 19.8 Å². The minimum atomic E-state index is 0.837. The van der Waals surface area contributed by atoms with E-state index >= 15 is 0 Å². The molecule has 2 aliphatic heterocycles. The number of hydrogen-bond acceptors (Lipinski definition) is 2. The first-order chi connectivity index (χ1) is 8.40. The highest BCUT2D eigenvalue weighted by Crippen LogP contribution is 2.21. The zero-order chi connectivity index (χ0) is 11.9. The maximum Gasteiger partial charge on any atom is 0.00951 e. The molecular weight excluding hydrogens is 208 g/mol. The lowest BCUT2D eigenvalue weighted by Crippen LogP contribution is -2.40. The highest BCUT2D eigenvalue weighted by atomic mass is 15.2. The summed E-state index contributed by atoms with van der Waals surface area (Å²) >= 11 is 0. The van der Waals surface area contributed by atoms with Crippen LogP contribution in [0.3, 0.4) is 0 Å². The zero-order valence-corrected chi connectivity index (χ0v) is 11.6. The van der Waals surface area contributed by atoms with Crippen LogP contribution < -0.4 is 5.32 Å². The lowest BCUT2D eigenvalue weighted by molar-refractivity contribution is 0.136. The Hall–Kier alpha value is -0.0800. The molecule has 2 aliphatic rings. The van der Waals surface area contributed by atoms with Crippen LogP contribution in [0, 0.1) is 0 Å². The minimum absolute atomic E-state index is 0.837. The third-order valence-corrected chi connectivity index (χ3v) is 4.53. The van der Waals surface area contributed by atoms with Crippen molar-refractivity contribution >= 4 is 0 Å². The summed E-state index contributed by atoms with van der Waals surface area (Å²) in [6.07, 6.45) is 12.7. The molecule has 2 nitrogen and oxygen atoms in total. The lowest BCUT2D eigenvalue weighted by Gasteiger charge is -2.36. The van der Waals surface area contributed by atoms with Crippen molar-refractivity contribution in [1.29, 1.82) is 0 Å². The van der Waals surface area contributed by atoms with E-state index in [4.69, 9.17) is 0 Å². The number of hydrogen-bond donors (Lipinski definition) is 1. The second-order valence-electron chi connectivity index (χ2n) is 5.91. The summed E-state index contributed by atoms with van der Waals surface area (Å²) in [6, 6.07) is 1.75. The van der Waals surface area contributed by atoms with Gasteiger partial charge in [-0.15, -0.1) is 0 Å². The van der Waals surface area contributed by atoms with Crippen molar-refractivity contribution in [3.8, 4) is 0 Å². The van der Waals surface area contributed by atoms with Gasteiger partial charge < -0.3 is 10.2 Å². The molecule has 17 heavy (non-hydrogen) atoms. The fraction of sp³-hybridized carbons (Fsp3) is 1.00. The normalized spacial score (nSPS) is 30.9. The van der Waals surface area contributed by atoms with Crippen LogP contribution in [0.2, 0.25) is 0 Å². The molecule has 1 N–H and O–H groups in total. The monoisotopic (exact) mass is 238 g/mol. The molecule has 2 rings (SSSR count). The van der Waals surface area contributed by atoms with Gasteiger partial charge >= 0.3 is 0 Å². The molecule has 0 aliphatic carbocycles. The Kier molecular flexibility index (Phi) is 5.79. The van der Waals surface area contributed by atoms with Gasteiger partial charge in [0.25, 0.3) is 0 Å². The van der Waals surface area contributed by atoms with Gasteiger partial charge in [-0.25, -0.2) is 0 Å². The highest BCUT2D eigenvalue weighted by molar-refractivity contribution is 4.78. The number of likely N-dealkylation sites (tertiary alicyclic amines) is 1. The molecule has 100 valence electrons. The maximum absolute atomic E-state index is 3.61. The topological polar surface area (TPSA) is 15.3 Å². The minimum Gasteiger partial charge on any atom is -0.314 e. The molecule has 0 saturated carbocycles. The average Bonchev–Trinajstić information content (AvgIpc) is 2.85. The van der Waals surface area contributed by atoms with Gasteiger partial charge in [-0.05, 0) is 64.6 Å². The van der Waals surface area contributed by atoms with Gasteiger partial charge in [0.05, 0.1) is 0 Å². The van der Waals surface area contributed by atoms with Crippen molar-refractivity contribution < 1.29 is 0 Å². The van der Waals surface area contributed by atoms with Crippen LogP contribution in [0.5, 0.6) is 0 Å². The molecule has 0 radical (unpaired) electrons. The van der Waals surface area contributed by atoms with E-state index in [1.54, 1.807) is 0 Å². The van der Waals surface area contributed by atoms with Crippen molar-refractivity contribution in [2.24, 2.45) is 0 Å². The van der Waals surface area contributed by atoms with Gasteiger partial charge in [0, 0.05) is 12.1 Å². The predicted molar refractivity (Wildman–Crippen MR) is 74.4 cm³/mol. The van der Waals surface area contributed by atoms with E-state index in [0.717, 1.165) is 12.1 Å². The Balaban J connectivity index is 1.64. The van der Waals surface area contributed by atoms with Crippen molar-refractivity contribution in [3.05, 3.63) is 0 Å². The van der Waals surface area contributed by atoms with E-state index in [0.29, 0.717) is 0 Å². The summed E-state index contributed by atoms with van der Waals surface area (Å²) < 4.78 is 0. The summed E-state index contributed by atoms with van der Waals surface area (Å²) in [5.41, 5.74) is 0. The number of nitrogens with zero attached hydrogens (tertiary/aromatic N) is 1. The van der Waals surface area contributed by atoms with Crippen LogP contribution in [0.15, 0.2) is 0 Å². The Morgan fingerprint density at radius 2 is 2.06 bits per heavy atom. The van der Waals surface area contributed by atoms with E-state index < -0.39 is 0 Å². The molecule has 2 fully saturated rings.